The van der Waals surface area contributed by atoms with Gasteiger partial charge < -0.3 is 10.3 Å². The van der Waals surface area contributed by atoms with E-state index in [4.69, 9.17) is 0 Å². The molecule has 0 amide bonds. The van der Waals surface area contributed by atoms with Gasteiger partial charge in [0.05, 0.1) is 5.56 Å². The summed E-state index contributed by atoms with van der Waals surface area (Å²) in [6.07, 6.45) is -3.47. The quantitative estimate of drug-likeness (QED) is 0.849. The zero-order chi connectivity index (χ0) is 12.0. The molecular formula is C11H12Cl2F3N3. The molecule has 19 heavy (non-hydrogen) atoms. The number of nitrogens with one attached hydrogen (secondary N) is 2. The standard InChI is InChI=1S/C11H10F3N3.2ClH/c12-11(13,14)8-1-6-2-9(7-3-15-4-7)17-10(6)16-5-8;;/h1-2,5,7,15H,3-4H2,(H,16,17);2*1H. The lowest BCUT2D eigenvalue weighted by Gasteiger charge is -2.25. The Labute approximate surface area is 119 Å². The number of aromatic nitrogens is 2. The summed E-state index contributed by atoms with van der Waals surface area (Å²) in [4.78, 5) is 6.87. The predicted molar refractivity (Wildman–Crippen MR) is 71.2 cm³/mol. The van der Waals surface area contributed by atoms with Crippen LogP contribution in [-0.4, -0.2) is 23.1 Å². The minimum atomic E-state index is -4.34. The molecule has 0 atom stereocenters. The van der Waals surface area contributed by atoms with Crippen LogP contribution in [0.3, 0.4) is 0 Å². The van der Waals surface area contributed by atoms with Crippen molar-refractivity contribution in [3.05, 3.63) is 29.6 Å². The monoisotopic (exact) mass is 313 g/mol. The maximum absolute atomic E-state index is 12.5. The fourth-order valence-electron chi connectivity index (χ4n) is 1.92. The van der Waals surface area contributed by atoms with Gasteiger partial charge >= 0.3 is 6.18 Å². The molecule has 2 N–H and O–H groups in total. The molecule has 3 nitrogen and oxygen atoms in total. The van der Waals surface area contributed by atoms with Crippen LogP contribution in [0.2, 0.25) is 0 Å². The normalized spacial score (nSPS) is 15.5. The van der Waals surface area contributed by atoms with Crippen LogP contribution in [0.5, 0.6) is 0 Å². The van der Waals surface area contributed by atoms with E-state index in [1.54, 1.807) is 6.07 Å². The number of aromatic amines is 1. The third kappa shape index (κ3) is 2.96. The molecule has 0 radical (unpaired) electrons. The largest absolute Gasteiger partial charge is 0.417 e. The Bertz CT molecular complexity index is 564. The number of pyridine rings is 1. The molecule has 1 saturated heterocycles. The van der Waals surface area contributed by atoms with E-state index in [-0.39, 0.29) is 24.8 Å². The second kappa shape index (κ2) is 5.56. The van der Waals surface area contributed by atoms with Gasteiger partial charge in [0.15, 0.2) is 0 Å². The lowest BCUT2D eigenvalue weighted by molar-refractivity contribution is -0.137. The highest BCUT2D eigenvalue weighted by molar-refractivity contribution is 5.85. The molecule has 106 valence electrons. The van der Waals surface area contributed by atoms with E-state index < -0.39 is 11.7 Å². The Hall–Kier alpha value is -0.980. The number of hydrogen-bond acceptors (Lipinski definition) is 2. The van der Waals surface area contributed by atoms with Crippen molar-refractivity contribution >= 4 is 35.8 Å². The van der Waals surface area contributed by atoms with Gasteiger partial charge in [-0.2, -0.15) is 13.2 Å². The van der Waals surface area contributed by atoms with E-state index in [1.165, 1.54) is 0 Å². The highest BCUT2D eigenvalue weighted by atomic mass is 35.5. The molecule has 2 aromatic rings. The predicted octanol–water partition coefficient (Wildman–Crippen LogP) is 3.11. The number of alkyl halides is 3. The maximum Gasteiger partial charge on any atom is 0.417 e. The third-order valence-corrected chi connectivity index (χ3v) is 3.04. The van der Waals surface area contributed by atoms with Crippen molar-refractivity contribution in [2.75, 3.05) is 13.1 Å². The molecule has 1 aliphatic heterocycles. The molecule has 3 rings (SSSR count). The topological polar surface area (TPSA) is 40.7 Å². The van der Waals surface area contributed by atoms with Crippen molar-refractivity contribution in [3.8, 4) is 0 Å². The van der Waals surface area contributed by atoms with Crippen LogP contribution in [0, 0.1) is 0 Å². The van der Waals surface area contributed by atoms with Crippen LogP contribution < -0.4 is 5.32 Å². The lowest BCUT2D eigenvalue weighted by atomic mass is 9.99. The minimum Gasteiger partial charge on any atom is -0.343 e. The molecule has 2 aromatic heterocycles. The molecule has 3 heterocycles. The van der Waals surface area contributed by atoms with Crippen molar-refractivity contribution < 1.29 is 13.2 Å². The summed E-state index contributed by atoms with van der Waals surface area (Å²) in [6, 6.07) is 2.89. The van der Waals surface area contributed by atoms with Crippen molar-refractivity contribution in [1.82, 2.24) is 15.3 Å². The molecule has 0 aromatic carbocycles. The summed E-state index contributed by atoms with van der Waals surface area (Å²) < 4.78 is 37.5. The van der Waals surface area contributed by atoms with Gasteiger partial charge in [-0.1, -0.05) is 0 Å². The Kier molecular flexibility index (Phi) is 4.71. The van der Waals surface area contributed by atoms with E-state index in [2.05, 4.69) is 15.3 Å². The first-order chi connectivity index (χ1) is 8.04. The zero-order valence-corrected chi connectivity index (χ0v) is 11.3. The molecule has 0 aliphatic carbocycles. The molecule has 8 heteroatoms. The van der Waals surface area contributed by atoms with Crippen LogP contribution >= 0.6 is 24.8 Å². The fourth-order valence-corrected chi connectivity index (χ4v) is 1.92. The summed E-state index contributed by atoms with van der Waals surface area (Å²) in [5.41, 5.74) is 0.757. The smallest absolute Gasteiger partial charge is 0.343 e. The number of rotatable bonds is 1. The lowest BCUT2D eigenvalue weighted by Crippen LogP contribution is -2.40. The van der Waals surface area contributed by atoms with E-state index >= 15 is 0 Å². The minimum absolute atomic E-state index is 0. The summed E-state index contributed by atoms with van der Waals surface area (Å²) in [7, 11) is 0. The second-order valence-corrected chi connectivity index (χ2v) is 4.24. The maximum atomic E-state index is 12.5. The third-order valence-electron chi connectivity index (χ3n) is 3.04. The van der Waals surface area contributed by atoms with Gasteiger partial charge in [0, 0.05) is 36.3 Å². The Balaban J connectivity index is 0.000000902. The van der Waals surface area contributed by atoms with Crippen molar-refractivity contribution in [2.24, 2.45) is 0 Å². The molecule has 0 spiro atoms. The number of fused-ring (bicyclic) bond motifs is 1. The van der Waals surface area contributed by atoms with Crippen molar-refractivity contribution in [2.45, 2.75) is 12.1 Å². The van der Waals surface area contributed by atoms with E-state index in [9.17, 15) is 13.2 Å². The Morgan fingerprint density at radius 2 is 1.84 bits per heavy atom. The molecule has 1 fully saturated rings. The van der Waals surface area contributed by atoms with Gasteiger partial charge in [0.2, 0.25) is 0 Å². The van der Waals surface area contributed by atoms with Gasteiger partial charge in [-0.25, -0.2) is 4.98 Å². The average molecular weight is 314 g/mol. The number of halogens is 5. The van der Waals surface area contributed by atoms with Crippen LogP contribution in [0.4, 0.5) is 13.2 Å². The van der Waals surface area contributed by atoms with Crippen LogP contribution in [0.25, 0.3) is 11.0 Å². The number of nitrogens with zero attached hydrogens (tertiary/aromatic N) is 1. The fraction of sp³-hybridized carbons (Fsp3) is 0.364. The summed E-state index contributed by atoms with van der Waals surface area (Å²) in [6.45, 7) is 1.72. The van der Waals surface area contributed by atoms with Gasteiger partial charge in [-0.3, -0.25) is 0 Å². The van der Waals surface area contributed by atoms with Crippen LogP contribution in [0.15, 0.2) is 18.3 Å². The summed E-state index contributed by atoms with van der Waals surface area (Å²) in [5.74, 6) is 0.360. The van der Waals surface area contributed by atoms with Crippen molar-refractivity contribution in [1.29, 1.82) is 0 Å². The molecule has 1 aliphatic rings. The van der Waals surface area contributed by atoms with E-state index in [0.717, 1.165) is 31.0 Å². The molecule has 0 bridgehead atoms. The Morgan fingerprint density at radius 3 is 2.37 bits per heavy atom. The SMILES string of the molecule is Cl.Cl.FC(F)(F)c1cnc2[nH]c(C3CNC3)cc2c1. The van der Waals surface area contributed by atoms with Crippen LogP contribution in [-0.2, 0) is 6.18 Å². The van der Waals surface area contributed by atoms with Crippen molar-refractivity contribution in [3.63, 3.8) is 0 Å². The zero-order valence-electron chi connectivity index (χ0n) is 9.62. The Morgan fingerprint density at radius 1 is 1.16 bits per heavy atom. The molecule has 0 saturated carbocycles. The summed E-state index contributed by atoms with van der Waals surface area (Å²) >= 11 is 0. The second-order valence-electron chi connectivity index (χ2n) is 4.24. The van der Waals surface area contributed by atoms with E-state index in [1.807, 2.05) is 0 Å². The van der Waals surface area contributed by atoms with Gasteiger partial charge in [0.25, 0.3) is 0 Å². The highest BCUT2D eigenvalue weighted by Crippen LogP contribution is 2.31. The van der Waals surface area contributed by atoms with Crippen LogP contribution in [0.1, 0.15) is 17.2 Å². The van der Waals surface area contributed by atoms with Gasteiger partial charge in [0.1, 0.15) is 5.65 Å². The molecular weight excluding hydrogens is 302 g/mol. The first kappa shape index (κ1) is 16.1. The van der Waals surface area contributed by atoms with Gasteiger partial charge in [-0.15, -0.1) is 24.8 Å². The molecule has 0 unspecified atom stereocenters. The average Bonchev–Trinajstić information content (AvgIpc) is 2.54. The first-order valence-electron chi connectivity index (χ1n) is 5.30. The summed E-state index contributed by atoms with van der Waals surface area (Å²) in [5, 5.41) is 3.63. The van der Waals surface area contributed by atoms with E-state index in [0.29, 0.717) is 17.0 Å². The first-order valence-corrected chi connectivity index (χ1v) is 5.30. The number of hydrogen-bond donors (Lipinski definition) is 2. The highest BCUT2D eigenvalue weighted by Gasteiger charge is 2.31. The van der Waals surface area contributed by atoms with Gasteiger partial charge in [-0.05, 0) is 12.1 Å². The number of H-pyrrole nitrogens is 1.